The number of hydrogen-bond acceptors (Lipinski definition) is 4. The molecule has 1 rings (SSSR count). The lowest BCUT2D eigenvalue weighted by Crippen LogP contribution is -2.32. The Hall–Kier alpha value is -1.31. The van der Waals surface area contributed by atoms with Gasteiger partial charge in [-0.1, -0.05) is 13.8 Å². The Kier molecular flexibility index (Phi) is 6.25. The van der Waals surface area contributed by atoms with Crippen molar-refractivity contribution in [2.24, 2.45) is 11.7 Å². The van der Waals surface area contributed by atoms with Gasteiger partial charge in [0.25, 0.3) is 10.2 Å². The van der Waals surface area contributed by atoms with E-state index in [1.165, 1.54) is 0 Å². The summed E-state index contributed by atoms with van der Waals surface area (Å²) in [5.74, 6) is 0.916. The number of ether oxygens (including phenoxy) is 1. The van der Waals surface area contributed by atoms with Crippen molar-refractivity contribution in [3.63, 3.8) is 0 Å². The Morgan fingerprint density at radius 1 is 1.35 bits per heavy atom. The molecule has 114 valence electrons. The first-order chi connectivity index (χ1) is 9.38. The second kappa shape index (κ2) is 7.47. The van der Waals surface area contributed by atoms with Crippen LogP contribution < -0.4 is 19.9 Å². The van der Waals surface area contributed by atoms with Gasteiger partial charge in [0, 0.05) is 18.7 Å². The molecule has 7 heteroatoms. The molecular formula is C13H23N3O3S. The van der Waals surface area contributed by atoms with E-state index in [9.17, 15) is 8.42 Å². The first kappa shape index (κ1) is 16.7. The number of anilines is 1. The van der Waals surface area contributed by atoms with Crippen molar-refractivity contribution < 1.29 is 13.2 Å². The number of benzene rings is 1. The van der Waals surface area contributed by atoms with E-state index >= 15 is 0 Å². The zero-order valence-electron chi connectivity index (χ0n) is 12.1. The summed E-state index contributed by atoms with van der Waals surface area (Å²) in [6.45, 7) is 6.96. The molecule has 6 nitrogen and oxygen atoms in total. The SMILES string of the molecule is CCOc1ccc(NS(=O)(=O)NCC(C)C)cc1CN. The minimum absolute atomic E-state index is 0.242. The van der Waals surface area contributed by atoms with E-state index in [-0.39, 0.29) is 12.5 Å². The van der Waals surface area contributed by atoms with E-state index in [0.717, 1.165) is 5.56 Å². The zero-order valence-corrected chi connectivity index (χ0v) is 13.0. The lowest BCUT2D eigenvalue weighted by molar-refractivity contribution is 0.336. The van der Waals surface area contributed by atoms with Gasteiger partial charge < -0.3 is 10.5 Å². The Morgan fingerprint density at radius 3 is 2.60 bits per heavy atom. The maximum Gasteiger partial charge on any atom is 0.299 e. The molecule has 4 N–H and O–H groups in total. The van der Waals surface area contributed by atoms with Crippen molar-refractivity contribution in [3.05, 3.63) is 23.8 Å². The molecule has 0 aliphatic heterocycles. The molecule has 0 fully saturated rings. The molecule has 0 radical (unpaired) electrons. The molecule has 0 amide bonds. The van der Waals surface area contributed by atoms with Gasteiger partial charge in [0.1, 0.15) is 5.75 Å². The second-order valence-corrected chi connectivity index (χ2v) is 6.31. The molecule has 0 saturated heterocycles. The molecule has 0 unspecified atom stereocenters. The Bertz CT molecular complexity index is 530. The van der Waals surface area contributed by atoms with Crippen LogP contribution in [-0.2, 0) is 16.8 Å². The standard InChI is InChI=1S/C13H23N3O3S/c1-4-19-13-6-5-12(7-11(13)8-14)16-20(17,18)15-9-10(2)3/h5-7,10,15-16H,4,8-9,14H2,1-3H3. The van der Waals surface area contributed by atoms with E-state index in [1.54, 1.807) is 18.2 Å². The Balaban J connectivity index is 2.82. The maximum atomic E-state index is 11.8. The van der Waals surface area contributed by atoms with Crippen molar-refractivity contribution in [2.75, 3.05) is 17.9 Å². The molecule has 0 aliphatic carbocycles. The predicted octanol–water partition coefficient (Wildman–Crippen LogP) is 1.45. The molecule has 0 heterocycles. The molecule has 0 aromatic heterocycles. The average molecular weight is 301 g/mol. The predicted molar refractivity (Wildman–Crippen MR) is 80.9 cm³/mol. The third kappa shape index (κ3) is 5.36. The molecule has 0 atom stereocenters. The van der Waals surface area contributed by atoms with E-state index in [2.05, 4.69) is 9.44 Å². The molecule has 0 saturated carbocycles. The quantitative estimate of drug-likeness (QED) is 0.677. The van der Waals surface area contributed by atoms with Crippen LogP contribution in [0.4, 0.5) is 5.69 Å². The van der Waals surface area contributed by atoms with Crippen molar-refractivity contribution in [1.82, 2.24) is 4.72 Å². The van der Waals surface area contributed by atoms with Crippen LogP contribution in [0.5, 0.6) is 5.75 Å². The smallest absolute Gasteiger partial charge is 0.299 e. The summed E-state index contributed by atoms with van der Waals surface area (Å²) >= 11 is 0. The number of rotatable bonds is 8. The van der Waals surface area contributed by atoms with Crippen LogP contribution in [0.3, 0.4) is 0 Å². The molecule has 0 aliphatic rings. The van der Waals surface area contributed by atoms with Crippen molar-refractivity contribution in [2.45, 2.75) is 27.3 Å². The van der Waals surface area contributed by atoms with Crippen molar-refractivity contribution in [1.29, 1.82) is 0 Å². The third-order valence-corrected chi connectivity index (χ3v) is 3.57. The van der Waals surface area contributed by atoms with E-state index < -0.39 is 10.2 Å². The minimum Gasteiger partial charge on any atom is -0.494 e. The fraction of sp³-hybridized carbons (Fsp3) is 0.538. The summed E-state index contributed by atoms with van der Waals surface area (Å²) in [5, 5.41) is 0. The topological polar surface area (TPSA) is 93.4 Å². The highest BCUT2D eigenvalue weighted by Gasteiger charge is 2.11. The highest BCUT2D eigenvalue weighted by molar-refractivity contribution is 7.90. The van der Waals surface area contributed by atoms with Crippen LogP contribution in [0, 0.1) is 5.92 Å². The van der Waals surface area contributed by atoms with Gasteiger partial charge in [0.2, 0.25) is 0 Å². The summed E-state index contributed by atoms with van der Waals surface area (Å²) in [5.41, 5.74) is 6.86. The molecule has 1 aromatic carbocycles. The monoisotopic (exact) mass is 301 g/mol. The number of nitrogens with one attached hydrogen (secondary N) is 2. The van der Waals surface area contributed by atoms with Crippen LogP contribution in [-0.4, -0.2) is 21.6 Å². The maximum absolute atomic E-state index is 11.8. The number of hydrogen-bond donors (Lipinski definition) is 3. The zero-order chi connectivity index (χ0) is 15.2. The first-order valence-corrected chi connectivity index (χ1v) is 8.09. The minimum atomic E-state index is -3.56. The van der Waals surface area contributed by atoms with Crippen LogP contribution in [0.25, 0.3) is 0 Å². The van der Waals surface area contributed by atoms with Gasteiger partial charge in [-0.2, -0.15) is 13.1 Å². The lowest BCUT2D eigenvalue weighted by atomic mass is 10.2. The first-order valence-electron chi connectivity index (χ1n) is 6.61. The van der Waals surface area contributed by atoms with E-state index in [4.69, 9.17) is 10.5 Å². The van der Waals surface area contributed by atoms with E-state index in [0.29, 0.717) is 24.6 Å². The Morgan fingerprint density at radius 2 is 2.05 bits per heavy atom. The van der Waals surface area contributed by atoms with Crippen LogP contribution >= 0.6 is 0 Å². The van der Waals surface area contributed by atoms with Gasteiger partial charge in [0.05, 0.1) is 12.3 Å². The summed E-state index contributed by atoms with van der Waals surface area (Å²) in [6, 6.07) is 5.05. The largest absolute Gasteiger partial charge is 0.494 e. The summed E-state index contributed by atoms with van der Waals surface area (Å²) in [6.07, 6.45) is 0. The van der Waals surface area contributed by atoms with Gasteiger partial charge in [-0.15, -0.1) is 0 Å². The Labute approximate surface area is 120 Å². The molecule has 0 bridgehead atoms. The van der Waals surface area contributed by atoms with Crippen molar-refractivity contribution in [3.8, 4) is 5.75 Å². The molecule has 0 spiro atoms. The fourth-order valence-corrected chi connectivity index (χ4v) is 2.63. The van der Waals surface area contributed by atoms with E-state index in [1.807, 2.05) is 20.8 Å². The van der Waals surface area contributed by atoms with Crippen molar-refractivity contribution >= 4 is 15.9 Å². The normalized spacial score (nSPS) is 11.7. The molecular weight excluding hydrogens is 278 g/mol. The summed E-state index contributed by atoms with van der Waals surface area (Å²) in [4.78, 5) is 0. The highest BCUT2D eigenvalue weighted by Crippen LogP contribution is 2.23. The van der Waals surface area contributed by atoms with Gasteiger partial charge >= 0.3 is 0 Å². The average Bonchev–Trinajstić information content (AvgIpc) is 2.38. The highest BCUT2D eigenvalue weighted by atomic mass is 32.2. The molecule has 20 heavy (non-hydrogen) atoms. The summed E-state index contributed by atoms with van der Waals surface area (Å²) < 4.78 is 34.0. The van der Waals surface area contributed by atoms with Gasteiger partial charge in [-0.25, -0.2) is 0 Å². The van der Waals surface area contributed by atoms with Gasteiger partial charge in [-0.05, 0) is 31.0 Å². The van der Waals surface area contributed by atoms with Crippen LogP contribution in [0.1, 0.15) is 26.3 Å². The van der Waals surface area contributed by atoms with Gasteiger partial charge in [0.15, 0.2) is 0 Å². The summed E-state index contributed by atoms with van der Waals surface area (Å²) in [7, 11) is -3.56. The van der Waals surface area contributed by atoms with Crippen LogP contribution in [0.15, 0.2) is 18.2 Å². The van der Waals surface area contributed by atoms with Gasteiger partial charge in [-0.3, -0.25) is 4.72 Å². The fourth-order valence-electron chi connectivity index (χ4n) is 1.57. The lowest BCUT2D eigenvalue weighted by Gasteiger charge is -2.13. The number of nitrogens with two attached hydrogens (primary N) is 1. The molecule has 1 aromatic rings. The van der Waals surface area contributed by atoms with Crippen LogP contribution in [0.2, 0.25) is 0 Å². The third-order valence-electron chi connectivity index (χ3n) is 2.51. The second-order valence-electron chi connectivity index (χ2n) is 4.81.